The Morgan fingerprint density at radius 1 is 1.23 bits per heavy atom. The minimum Gasteiger partial charge on any atom is -0.388 e. The summed E-state index contributed by atoms with van der Waals surface area (Å²) < 4.78 is 0. The molecule has 0 bridgehead atoms. The fraction of sp³-hybridized carbons (Fsp3) is 0.333. The van der Waals surface area contributed by atoms with Gasteiger partial charge in [0.2, 0.25) is 0 Å². The average Bonchev–Trinajstić information content (AvgIpc) is 3.15. The summed E-state index contributed by atoms with van der Waals surface area (Å²) in [7, 11) is 0. The second kappa shape index (κ2) is 8.50. The third-order valence-corrected chi connectivity index (χ3v) is 4.84. The highest BCUT2D eigenvalue weighted by Crippen LogP contribution is 2.27. The van der Waals surface area contributed by atoms with Crippen molar-refractivity contribution < 1.29 is 9.90 Å². The van der Waals surface area contributed by atoms with Gasteiger partial charge >= 0.3 is 6.03 Å². The zero-order valence-electron chi connectivity index (χ0n) is 14.6. The molecule has 1 fully saturated rings. The molecule has 0 radical (unpaired) electrons. The summed E-state index contributed by atoms with van der Waals surface area (Å²) in [5, 5.41) is 22.2. The van der Waals surface area contributed by atoms with Crippen LogP contribution >= 0.6 is 0 Å². The largest absolute Gasteiger partial charge is 0.388 e. The second-order valence-electron chi connectivity index (χ2n) is 6.62. The van der Waals surface area contributed by atoms with Crippen molar-refractivity contribution in [1.29, 1.82) is 5.26 Å². The maximum atomic E-state index is 12.6. The van der Waals surface area contributed by atoms with E-state index in [0.717, 1.165) is 24.0 Å². The predicted octanol–water partition coefficient (Wildman–Crippen LogP) is 3.36. The number of carbonyl (C=O) groups is 1. The van der Waals surface area contributed by atoms with Gasteiger partial charge in [-0.25, -0.2) is 4.79 Å². The molecule has 1 saturated heterocycles. The number of nitrogens with zero attached hydrogens (tertiary/aromatic N) is 2. The topological polar surface area (TPSA) is 76.4 Å². The highest BCUT2D eigenvalue weighted by Gasteiger charge is 2.30. The Balaban J connectivity index is 1.55. The Kier molecular flexibility index (Phi) is 5.88. The fourth-order valence-corrected chi connectivity index (χ4v) is 3.39. The van der Waals surface area contributed by atoms with Crippen molar-refractivity contribution in [3.63, 3.8) is 0 Å². The number of hydrogen-bond donors (Lipinski definition) is 2. The number of rotatable bonds is 5. The van der Waals surface area contributed by atoms with E-state index in [-0.39, 0.29) is 12.1 Å². The Labute approximate surface area is 153 Å². The normalized spacial score (nSPS) is 17.5. The van der Waals surface area contributed by atoms with Crippen molar-refractivity contribution >= 4 is 6.03 Å². The standard InChI is InChI=1S/C21H23N3O2/c22-14-16-8-10-17(11-9-16)15-23-21(26)24-12-4-7-19(24)13-20(25)18-5-2-1-3-6-18/h1-3,5-6,8-11,19-20,25H,4,7,12-13,15H2,(H,23,26). The molecule has 1 heterocycles. The van der Waals surface area contributed by atoms with Crippen LogP contribution in [0.1, 0.15) is 42.1 Å². The average molecular weight is 349 g/mol. The van der Waals surface area contributed by atoms with Crippen molar-refractivity contribution in [2.24, 2.45) is 0 Å². The zero-order chi connectivity index (χ0) is 18.4. The molecule has 26 heavy (non-hydrogen) atoms. The molecule has 1 aliphatic rings. The van der Waals surface area contributed by atoms with Gasteiger partial charge in [0, 0.05) is 19.1 Å². The van der Waals surface area contributed by atoms with Gasteiger partial charge in [-0.3, -0.25) is 0 Å². The summed E-state index contributed by atoms with van der Waals surface area (Å²) in [6, 6.07) is 18.8. The lowest BCUT2D eigenvalue weighted by Gasteiger charge is -2.27. The van der Waals surface area contributed by atoms with Gasteiger partial charge in [0.25, 0.3) is 0 Å². The summed E-state index contributed by atoms with van der Waals surface area (Å²) in [6.07, 6.45) is 1.85. The molecule has 0 aliphatic carbocycles. The zero-order valence-corrected chi connectivity index (χ0v) is 14.6. The van der Waals surface area contributed by atoms with Crippen LogP contribution < -0.4 is 5.32 Å². The van der Waals surface area contributed by atoms with Crippen LogP contribution in [-0.4, -0.2) is 28.6 Å². The van der Waals surface area contributed by atoms with E-state index in [0.29, 0.717) is 25.1 Å². The van der Waals surface area contributed by atoms with Crippen LogP contribution in [0.2, 0.25) is 0 Å². The van der Waals surface area contributed by atoms with Crippen LogP contribution in [0.3, 0.4) is 0 Å². The first-order valence-electron chi connectivity index (χ1n) is 8.94. The smallest absolute Gasteiger partial charge is 0.317 e. The number of aliphatic hydroxyl groups excluding tert-OH is 1. The van der Waals surface area contributed by atoms with E-state index in [9.17, 15) is 9.90 Å². The van der Waals surface area contributed by atoms with Crippen LogP contribution in [0.5, 0.6) is 0 Å². The second-order valence-corrected chi connectivity index (χ2v) is 6.62. The molecule has 2 amide bonds. The Hall–Kier alpha value is -2.84. The van der Waals surface area contributed by atoms with Crippen molar-refractivity contribution in [2.75, 3.05) is 6.54 Å². The molecular formula is C21H23N3O2. The van der Waals surface area contributed by atoms with Crippen LogP contribution in [0, 0.1) is 11.3 Å². The lowest BCUT2D eigenvalue weighted by molar-refractivity contribution is 0.126. The predicted molar refractivity (Wildman–Crippen MR) is 99.1 cm³/mol. The van der Waals surface area contributed by atoms with Gasteiger partial charge in [-0.15, -0.1) is 0 Å². The van der Waals surface area contributed by atoms with Crippen LogP contribution in [0.25, 0.3) is 0 Å². The van der Waals surface area contributed by atoms with E-state index >= 15 is 0 Å². The van der Waals surface area contributed by atoms with Crippen LogP contribution in [0.15, 0.2) is 54.6 Å². The SMILES string of the molecule is N#Cc1ccc(CNC(=O)N2CCCC2CC(O)c2ccccc2)cc1. The lowest BCUT2D eigenvalue weighted by Crippen LogP contribution is -2.43. The lowest BCUT2D eigenvalue weighted by atomic mass is 10.0. The molecule has 0 saturated carbocycles. The number of urea groups is 1. The van der Waals surface area contributed by atoms with Gasteiger partial charge in [-0.1, -0.05) is 42.5 Å². The summed E-state index contributed by atoms with van der Waals surface area (Å²) in [5.41, 5.74) is 2.45. The molecule has 0 aromatic heterocycles. The number of aliphatic hydroxyl groups is 1. The Morgan fingerprint density at radius 3 is 2.65 bits per heavy atom. The first kappa shape index (κ1) is 18.0. The summed E-state index contributed by atoms with van der Waals surface area (Å²) in [6.45, 7) is 1.14. The molecule has 2 N–H and O–H groups in total. The maximum absolute atomic E-state index is 12.6. The molecule has 3 rings (SSSR count). The molecule has 0 spiro atoms. The molecule has 2 aromatic carbocycles. The van der Waals surface area contributed by atoms with E-state index in [1.807, 2.05) is 47.4 Å². The highest BCUT2D eigenvalue weighted by molar-refractivity contribution is 5.74. The summed E-state index contributed by atoms with van der Waals surface area (Å²) >= 11 is 0. The molecule has 2 atom stereocenters. The van der Waals surface area contributed by atoms with Crippen LogP contribution in [0.4, 0.5) is 4.79 Å². The van der Waals surface area contributed by atoms with Crippen molar-refractivity contribution in [3.8, 4) is 6.07 Å². The minimum atomic E-state index is -0.562. The number of nitriles is 1. The third kappa shape index (κ3) is 4.41. The van der Waals surface area contributed by atoms with E-state index in [1.165, 1.54) is 0 Å². The first-order chi connectivity index (χ1) is 12.7. The number of likely N-dealkylation sites (tertiary alicyclic amines) is 1. The maximum Gasteiger partial charge on any atom is 0.317 e. The number of carbonyl (C=O) groups excluding carboxylic acids is 1. The van der Waals surface area contributed by atoms with Crippen molar-refractivity contribution in [3.05, 3.63) is 71.3 Å². The highest BCUT2D eigenvalue weighted by atomic mass is 16.3. The molecule has 2 unspecified atom stereocenters. The summed E-state index contributed by atoms with van der Waals surface area (Å²) in [5.74, 6) is 0. The van der Waals surface area contributed by atoms with E-state index in [2.05, 4.69) is 11.4 Å². The molecular weight excluding hydrogens is 326 g/mol. The van der Waals surface area contributed by atoms with Gasteiger partial charge < -0.3 is 15.3 Å². The number of hydrogen-bond acceptors (Lipinski definition) is 3. The van der Waals surface area contributed by atoms with Gasteiger partial charge in [-0.05, 0) is 42.5 Å². The first-order valence-corrected chi connectivity index (χ1v) is 8.94. The van der Waals surface area contributed by atoms with Gasteiger partial charge in [0.1, 0.15) is 0 Å². The monoisotopic (exact) mass is 349 g/mol. The van der Waals surface area contributed by atoms with E-state index in [4.69, 9.17) is 5.26 Å². The molecule has 5 heteroatoms. The number of benzene rings is 2. The molecule has 2 aromatic rings. The summed E-state index contributed by atoms with van der Waals surface area (Å²) in [4.78, 5) is 14.4. The third-order valence-electron chi connectivity index (χ3n) is 4.84. The van der Waals surface area contributed by atoms with Crippen molar-refractivity contribution in [1.82, 2.24) is 10.2 Å². The minimum absolute atomic E-state index is 0.0474. The van der Waals surface area contributed by atoms with Crippen LogP contribution in [-0.2, 0) is 6.54 Å². The number of amides is 2. The molecule has 134 valence electrons. The molecule has 5 nitrogen and oxygen atoms in total. The van der Waals surface area contributed by atoms with Gasteiger partial charge in [0.15, 0.2) is 0 Å². The Morgan fingerprint density at radius 2 is 1.96 bits per heavy atom. The fourth-order valence-electron chi connectivity index (χ4n) is 3.39. The quantitative estimate of drug-likeness (QED) is 0.869. The van der Waals surface area contributed by atoms with E-state index < -0.39 is 6.10 Å². The Bertz CT molecular complexity index is 768. The van der Waals surface area contributed by atoms with Gasteiger partial charge in [-0.2, -0.15) is 5.26 Å². The van der Waals surface area contributed by atoms with Gasteiger partial charge in [0.05, 0.1) is 17.7 Å². The molecule has 1 aliphatic heterocycles. The van der Waals surface area contributed by atoms with E-state index in [1.54, 1.807) is 12.1 Å². The van der Waals surface area contributed by atoms with Crippen molar-refractivity contribution in [2.45, 2.75) is 38.0 Å². The number of nitrogens with one attached hydrogen (secondary N) is 1.